The minimum atomic E-state index is -2.84. The van der Waals surface area contributed by atoms with Gasteiger partial charge in [0.25, 0.3) is 11.8 Å². The van der Waals surface area contributed by atoms with Gasteiger partial charge in [-0.2, -0.15) is 8.78 Å². The molecule has 7 nitrogen and oxygen atoms in total. The van der Waals surface area contributed by atoms with Gasteiger partial charge in [-0.25, -0.2) is 14.4 Å². The predicted octanol–water partition coefficient (Wildman–Crippen LogP) is 3.54. The van der Waals surface area contributed by atoms with Gasteiger partial charge in [0.1, 0.15) is 11.6 Å². The molecule has 0 amide bonds. The summed E-state index contributed by atoms with van der Waals surface area (Å²) in [5.74, 6) is -0.307. The molecule has 1 aliphatic rings. The lowest BCUT2D eigenvalue weighted by atomic mass is 10.0. The van der Waals surface area contributed by atoms with Gasteiger partial charge in [-0.1, -0.05) is 0 Å². The lowest BCUT2D eigenvalue weighted by molar-refractivity contribution is 0.116. The van der Waals surface area contributed by atoms with Crippen molar-refractivity contribution in [3.05, 3.63) is 47.9 Å². The zero-order chi connectivity index (χ0) is 18.1. The van der Waals surface area contributed by atoms with Crippen molar-refractivity contribution in [3.63, 3.8) is 0 Å². The third kappa shape index (κ3) is 3.17. The Morgan fingerprint density at radius 1 is 1.15 bits per heavy atom. The zero-order valence-corrected chi connectivity index (χ0v) is 13.2. The van der Waals surface area contributed by atoms with Gasteiger partial charge in [-0.3, -0.25) is 0 Å². The molecular formula is C16H12F3N5O2. The van der Waals surface area contributed by atoms with Crippen molar-refractivity contribution in [3.8, 4) is 17.2 Å². The fraction of sp³-hybridized carbons (Fsp3) is 0.250. The number of halogens is 3. The molecule has 1 aromatic carbocycles. The van der Waals surface area contributed by atoms with Gasteiger partial charge in [0.2, 0.25) is 5.95 Å². The molecule has 1 unspecified atom stereocenters. The molecule has 0 fully saturated rings. The zero-order valence-electron chi connectivity index (χ0n) is 13.2. The number of ether oxygens (including phenoxy) is 1. The summed E-state index contributed by atoms with van der Waals surface area (Å²) in [6, 6.07) is 4.11. The van der Waals surface area contributed by atoms with E-state index < -0.39 is 12.3 Å². The summed E-state index contributed by atoms with van der Waals surface area (Å²) in [6.45, 7) is 0.479. The first-order valence-corrected chi connectivity index (χ1v) is 7.73. The monoisotopic (exact) mass is 363 g/mol. The van der Waals surface area contributed by atoms with Crippen LogP contribution in [0.4, 0.5) is 19.1 Å². The highest BCUT2D eigenvalue weighted by atomic mass is 19.3. The Kier molecular flexibility index (Phi) is 4.15. The molecule has 0 saturated heterocycles. The highest BCUT2D eigenvalue weighted by Gasteiger charge is 2.23. The second-order valence-electron chi connectivity index (χ2n) is 5.56. The Morgan fingerprint density at radius 2 is 1.96 bits per heavy atom. The summed E-state index contributed by atoms with van der Waals surface area (Å²) >= 11 is 0. The van der Waals surface area contributed by atoms with Crippen LogP contribution in [0.3, 0.4) is 0 Å². The third-order valence-electron chi connectivity index (χ3n) is 3.84. The van der Waals surface area contributed by atoms with Crippen LogP contribution in [0.2, 0.25) is 0 Å². The smallest absolute Gasteiger partial charge is 0.314 e. The van der Waals surface area contributed by atoms with Crippen molar-refractivity contribution in [2.45, 2.75) is 18.9 Å². The normalized spacial score (nSPS) is 16.2. The van der Waals surface area contributed by atoms with Crippen molar-refractivity contribution < 1.29 is 22.3 Å². The van der Waals surface area contributed by atoms with Crippen LogP contribution < -0.4 is 10.1 Å². The molecule has 1 aliphatic heterocycles. The van der Waals surface area contributed by atoms with E-state index in [4.69, 9.17) is 9.15 Å². The van der Waals surface area contributed by atoms with E-state index in [0.29, 0.717) is 35.9 Å². The molecule has 3 heterocycles. The van der Waals surface area contributed by atoms with Crippen molar-refractivity contribution in [1.29, 1.82) is 0 Å². The van der Waals surface area contributed by atoms with E-state index in [-0.39, 0.29) is 17.7 Å². The van der Waals surface area contributed by atoms with Crippen LogP contribution >= 0.6 is 0 Å². The van der Waals surface area contributed by atoms with Gasteiger partial charge in [-0.15, -0.1) is 10.2 Å². The first-order chi connectivity index (χ1) is 12.6. The molecule has 134 valence electrons. The summed E-state index contributed by atoms with van der Waals surface area (Å²) in [5.41, 5.74) is 0.996. The van der Waals surface area contributed by atoms with Crippen LogP contribution in [0.15, 0.2) is 35.0 Å². The maximum atomic E-state index is 13.5. The van der Waals surface area contributed by atoms with Crippen molar-refractivity contribution in [2.75, 3.05) is 11.9 Å². The van der Waals surface area contributed by atoms with Gasteiger partial charge >= 0.3 is 6.43 Å². The van der Waals surface area contributed by atoms with Gasteiger partial charge in [-0.05, 0) is 18.2 Å². The Hall–Kier alpha value is -3.17. The minimum absolute atomic E-state index is 0.0923. The maximum Gasteiger partial charge on any atom is 0.314 e. The molecule has 0 radical (unpaired) electrons. The molecule has 26 heavy (non-hydrogen) atoms. The average Bonchev–Trinajstić information content (AvgIpc) is 3.13. The topological polar surface area (TPSA) is 86.0 Å². The number of hydrogen-bond donors (Lipinski definition) is 1. The molecule has 1 N–H and O–H groups in total. The second kappa shape index (κ2) is 6.62. The Bertz CT molecular complexity index is 917. The molecule has 1 atom stereocenters. The van der Waals surface area contributed by atoms with Gasteiger partial charge in [0.05, 0.1) is 18.2 Å². The lowest BCUT2D eigenvalue weighted by Gasteiger charge is -2.26. The van der Waals surface area contributed by atoms with E-state index in [1.54, 1.807) is 6.07 Å². The lowest BCUT2D eigenvalue weighted by Crippen LogP contribution is -2.21. The molecule has 2 aromatic heterocycles. The van der Waals surface area contributed by atoms with E-state index in [9.17, 15) is 13.2 Å². The predicted molar refractivity (Wildman–Crippen MR) is 83.2 cm³/mol. The van der Waals surface area contributed by atoms with E-state index in [2.05, 4.69) is 25.5 Å². The number of fused-ring (bicyclic) bond motifs is 1. The molecule has 0 saturated carbocycles. The molecular weight excluding hydrogens is 351 g/mol. The summed E-state index contributed by atoms with van der Waals surface area (Å²) in [5, 5.41) is 9.90. The Balaban J connectivity index is 1.52. The number of rotatable bonds is 4. The third-order valence-corrected chi connectivity index (χ3v) is 3.84. The van der Waals surface area contributed by atoms with Gasteiger partial charge in [0, 0.05) is 24.4 Å². The molecule has 4 rings (SSSR count). The number of hydrogen-bond acceptors (Lipinski definition) is 7. The number of alkyl halides is 2. The van der Waals surface area contributed by atoms with E-state index >= 15 is 0 Å². The molecule has 3 aromatic rings. The van der Waals surface area contributed by atoms with E-state index in [1.807, 2.05) is 0 Å². The number of nitrogens with one attached hydrogen (secondary N) is 1. The highest BCUT2D eigenvalue weighted by Crippen LogP contribution is 2.34. The largest absolute Gasteiger partial charge is 0.493 e. The number of benzene rings is 1. The summed E-state index contributed by atoms with van der Waals surface area (Å²) in [4.78, 5) is 8.25. The molecule has 0 spiro atoms. The van der Waals surface area contributed by atoms with Crippen LogP contribution in [0.25, 0.3) is 11.5 Å². The highest BCUT2D eigenvalue weighted by molar-refractivity contribution is 5.51. The standard InChI is InChI=1S/C16H12F3N5O2/c17-9-1-2-12-10(5-9)11(3-4-25-12)22-16-20-6-8(7-21-16)14-23-24-15(26-14)13(18)19/h1-2,5-7,11,13H,3-4H2,(H,20,21,22). The van der Waals surface area contributed by atoms with Crippen molar-refractivity contribution in [2.24, 2.45) is 0 Å². The fourth-order valence-electron chi connectivity index (χ4n) is 2.62. The fourth-order valence-corrected chi connectivity index (χ4v) is 2.62. The minimum Gasteiger partial charge on any atom is -0.493 e. The second-order valence-corrected chi connectivity index (χ2v) is 5.56. The number of anilines is 1. The molecule has 10 heteroatoms. The SMILES string of the molecule is Fc1ccc2c(c1)C(Nc1ncc(-c3nnc(C(F)F)o3)cn1)CCO2. The summed E-state index contributed by atoms with van der Waals surface area (Å²) < 4.78 is 48.9. The van der Waals surface area contributed by atoms with Gasteiger partial charge in [0.15, 0.2) is 0 Å². The van der Waals surface area contributed by atoms with Crippen LogP contribution in [-0.2, 0) is 0 Å². The first-order valence-electron chi connectivity index (χ1n) is 7.73. The van der Waals surface area contributed by atoms with Crippen molar-refractivity contribution >= 4 is 5.95 Å². The van der Waals surface area contributed by atoms with E-state index in [0.717, 1.165) is 0 Å². The van der Waals surface area contributed by atoms with Crippen LogP contribution in [0.5, 0.6) is 5.75 Å². The van der Waals surface area contributed by atoms with Gasteiger partial charge < -0.3 is 14.5 Å². The Morgan fingerprint density at radius 3 is 2.69 bits per heavy atom. The Labute approximate surface area is 145 Å². The van der Waals surface area contributed by atoms with Crippen molar-refractivity contribution in [1.82, 2.24) is 20.2 Å². The van der Waals surface area contributed by atoms with Crippen LogP contribution in [0, 0.1) is 5.82 Å². The molecule has 0 bridgehead atoms. The quantitative estimate of drug-likeness (QED) is 0.759. The average molecular weight is 363 g/mol. The number of aromatic nitrogens is 4. The van der Waals surface area contributed by atoms with Crippen LogP contribution in [0.1, 0.15) is 30.3 Å². The summed E-state index contributed by atoms with van der Waals surface area (Å²) in [6.07, 6.45) is 0.531. The maximum absolute atomic E-state index is 13.5. The molecule has 0 aliphatic carbocycles. The van der Waals surface area contributed by atoms with E-state index in [1.165, 1.54) is 24.5 Å². The van der Waals surface area contributed by atoms with Crippen LogP contribution in [-0.4, -0.2) is 26.8 Å². The summed E-state index contributed by atoms with van der Waals surface area (Å²) in [7, 11) is 0. The first kappa shape index (κ1) is 16.3. The number of nitrogens with zero attached hydrogens (tertiary/aromatic N) is 4.